The molecule has 0 saturated heterocycles. The molecule has 0 spiro atoms. The lowest BCUT2D eigenvalue weighted by molar-refractivity contribution is -0.117. The summed E-state index contributed by atoms with van der Waals surface area (Å²) in [6.07, 6.45) is 0.00703. The third-order valence-corrected chi connectivity index (χ3v) is 3.28. The second-order valence-electron chi connectivity index (χ2n) is 4.88. The number of amides is 2. The van der Waals surface area contributed by atoms with Gasteiger partial charge in [0.2, 0.25) is 5.91 Å². The van der Waals surface area contributed by atoms with Crippen LogP contribution in [0.2, 0.25) is 0 Å². The number of ether oxygens (including phenoxy) is 1. The Bertz CT molecular complexity index is 701. The van der Waals surface area contributed by atoms with Gasteiger partial charge in [0.25, 0.3) is 5.91 Å². The molecule has 0 heterocycles. The summed E-state index contributed by atoms with van der Waals surface area (Å²) in [5.74, 6) is -0.699. The SMILES string of the molecule is COc1cccc(C(=O)N(CCC(N)=O)c2ccc(F)cc2)c1. The Balaban J connectivity index is 2.33. The van der Waals surface area contributed by atoms with Crippen LogP contribution in [0.5, 0.6) is 5.75 Å². The van der Waals surface area contributed by atoms with Crippen LogP contribution in [0.4, 0.5) is 10.1 Å². The number of primary amides is 1. The quantitative estimate of drug-likeness (QED) is 0.889. The molecular weight excluding hydrogens is 299 g/mol. The Kier molecular flexibility index (Phi) is 5.30. The second-order valence-corrected chi connectivity index (χ2v) is 4.88. The lowest BCUT2D eigenvalue weighted by Crippen LogP contribution is -2.34. The third kappa shape index (κ3) is 4.29. The first kappa shape index (κ1) is 16.5. The predicted molar refractivity (Wildman–Crippen MR) is 84.9 cm³/mol. The van der Waals surface area contributed by atoms with E-state index >= 15 is 0 Å². The first-order valence-corrected chi connectivity index (χ1v) is 7.01. The van der Waals surface area contributed by atoms with Gasteiger partial charge in [0, 0.05) is 24.2 Å². The summed E-state index contributed by atoms with van der Waals surface area (Å²) in [6.45, 7) is 0.108. The van der Waals surface area contributed by atoms with E-state index < -0.39 is 11.7 Å². The maximum Gasteiger partial charge on any atom is 0.258 e. The van der Waals surface area contributed by atoms with Crippen molar-refractivity contribution in [3.8, 4) is 5.75 Å². The third-order valence-electron chi connectivity index (χ3n) is 3.28. The summed E-state index contributed by atoms with van der Waals surface area (Å²) < 4.78 is 18.2. The van der Waals surface area contributed by atoms with Crippen molar-refractivity contribution in [2.45, 2.75) is 6.42 Å². The van der Waals surface area contributed by atoms with Crippen LogP contribution < -0.4 is 15.4 Å². The molecule has 0 aliphatic rings. The van der Waals surface area contributed by atoms with E-state index in [-0.39, 0.29) is 18.9 Å². The van der Waals surface area contributed by atoms with Gasteiger partial charge in [-0.1, -0.05) is 6.07 Å². The predicted octanol–water partition coefficient (Wildman–Crippen LogP) is 2.36. The van der Waals surface area contributed by atoms with E-state index in [4.69, 9.17) is 10.5 Å². The topological polar surface area (TPSA) is 72.6 Å². The van der Waals surface area contributed by atoms with Crippen molar-refractivity contribution >= 4 is 17.5 Å². The van der Waals surface area contributed by atoms with Crippen molar-refractivity contribution in [3.63, 3.8) is 0 Å². The molecule has 0 unspecified atom stereocenters. The first-order chi connectivity index (χ1) is 11.0. The van der Waals surface area contributed by atoms with Gasteiger partial charge in [-0.2, -0.15) is 0 Å². The summed E-state index contributed by atoms with van der Waals surface area (Å²) in [5, 5.41) is 0. The van der Waals surface area contributed by atoms with Crippen molar-refractivity contribution in [3.05, 3.63) is 59.9 Å². The van der Waals surface area contributed by atoms with Gasteiger partial charge in [-0.3, -0.25) is 9.59 Å². The standard InChI is InChI=1S/C17H17FN2O3/c1-23-15-4-2-3-12(11-15)17(22)20(10-9-16(19)21)14-7-5-13(18)6-8-14/h2-8,11H,9-10H2,1H3,(H2,19,21). The van der Waals surface area contributed by atoms with Crippen LogP contribution in [-0.4, -0.2) is 25.5 Å². The van der Waals surface area contributed by atoms with Crippen LogP contribution in [0.3, 0.4) is 0 Å². The minimum absolute atomic E-state index is 0.00703. The van der Waals surface area contributed by atoms with Gasteiger partial charge in [-0.25, -0.2) is 4.39 Å². The molecule has 6 heteroatoms. The van der Waals surface area contributed by atoms with Gasteiger partial charge in [0.15, 0.2) is 0 Å². The molecule has 0 aliphatic carbocycles. The Morgan fingerprint density at radius 2 is 1.87 bits per heavy atom. The lowest BCUT2D eigenvalue weighted by atomic mass is 10.1. The van der Waals surface area contributed by atoms with Gasteiger partial charge in [0.1, 0.15) is 11.6 Å². The highest BCUT2D eigenvalue weighted by Gasteiger charge is 2.19. The van der Waals surface area contributed by atoms with Crippen molar-refractivity contribution in [1.29, 1.82) is 0 Å². The van der Waals surface area contributed by atoms with Crippen molar-refractivity contribution in [2.75, 3.05) is 18.6 Å². The smallest absolute Gasteiger partial charge is 0.258 e. The van der Waals surface area contributed by atoms with E-state index in [0.717, 1.165) is 0 Å². The van der Waals surface area contributed by atoms with Gasteiger partial charge in [-0.15, -0.1) is 0 Å². The van der Waals surface area contributed by atoms with Crippen LogP contribution in [0, 0.1) is 5.82 Å². The number of hydrogen-bond donors (Lipinski definition) is 1. The number of carbonyl (C=O) groups is 2. The van der Waals surface area contributed by atoms with Crippen molar-refractivity contribution in [2.24, 2.45) is 5.73 Å². The number of benzene rings is 2. The van der Waals surface area contributed by atoms with Crippen LogP contribution in [-0.2, 0) is 4.79 Å². The Morgan fingerprint density at radius 1 is 1.17 bits per heavy atom. The van der Waals surface area contributed by atoms with E-state index in [1.54, 1.807) is 24.3 Å². The van der Waals surface area contributed by atoms with Gasteiger partial charge >= 0.3 is 0 Å². The molecule has 0 radical (unpaired) electrons. The van der Waals surface area contributed by atoms with Gasteiger partial charge in [-0.05, 0) is 42.5 Å². The van der Waals surface area contributed by atoms with E-state index in [9.17, 15) is 14.0 Å². The zero-order chi connectivity index (χ0) is 16.8. The van der Waals surface area contributed by atoms with E-state index in [1.165, 1.54) is 36.3 Å². The minimum atomic E-state index is -0.518. The summed E-state index contributed by atoms with van der Waals surface area (Å²) >= 11 is 0. The molecule has 23 heavy (non-hydrogen) atoms. The molecule has 2 N–H and O–H groups in total. The first-order valence-electron chi connectivity index (χ1n) is 7.01. The number of nitrogens with two attached hydrogens (primary N) is 1. The molecule has 0 aromatic heterocycles. The zero-order valence-corrected chi connectivity index (χ0v) is 12.7. The molecule has 0 atom stereocenters. The van der Waals surface area contributed by atoms with E-state index in [2.05, 4.69) is 0 Å². The summed E-state index contributed by atoms with van der Waals surface area (Å²) in [6, 6.07) is 12.1. The Labute approximate surface area is 133 Å². The highest BCUT2D eigenvalue weighted by atomic mass is 19.1. The highest BCUT2D eigenvalue weighted by Crippen LogP contribution is 2.20. The molecule has 0 fully saturated rings. The molecule has 2 aromatic rings. The van der Waals surface area contributed by atoms with Crippen LogP contribution in [0.1, 0.15) is 16.8 Å². The normalized spacial score (nSPS) is 10.2. The molecule has 0 saturated carbocycles. The number of carbonyl (C=O) groups excluding carboxylic acids is 2. The maximum absolute atomic E-state index is 13.1. The zero-order valence-electron chi connectivity index (χ0n) is 12.7. The molecule has 120 valence electrons. The monoisotopic (exact) mass is 316 g/mol. The molecule has 5 nitrogen and oxygen atoms in total. The van der Waals surface area contributed by atoms with Crippen LogP contribution in [0.25, 0.3) is 0 Å². The van der Waals surface area contributed by atoms with Gasteiger partial charge < -0.3 is 15.4 Å². The van der Waals surface area contributed by atoms with Crippen molar-refractivity contribution < 1.29 is 18.7 Å². The van der Waals surface area contributed by atoms with Gasteiger partial charge in [0.05, 0.1) is 7.11 Å². The maximum atomic E-state index is 13.1. The molecular formula is C17H17FN2O3. The minimum Gasteiger partial charge on any atom is -0.497 e. The summed E-state index contributed by atoms with van der Waals surface area (Å²) in [4.78, 5) is 25.2. The molecule has 0 aliphatic heterocycles. The molecule has 2 rings (SSSR count). The number of hydrogen-bond acceptors (Lipinski definition) is 3. The van der Waals surface area contributed by atoms with Crippen LogP contribution >= 0.6 is 0 Å². The number of anilines is 1. The largest absolute Gasteiger partial charge is 0.497 e. The molecule has 2 amide bonds. The summed E-state index contributed by atoms with van der Waals surface area (Å²) in [7, 11) is 1.51. The fraction of sp³-hybridized carbons (Fsp3) is 0.176. The average molecular weight is 316 g/mol. The average Bonchev–Trinajstić information content (AvgIpc) is 2.56. The van der Waals surface area contributed by atoms with E-state index in [0.29, 0.717) is 17.0 Å². The second kappa shape index (κ2) is 7.40. The molecule has 0 bridgehead atoms. The number of halogens is 1. The fourth-order valence-electron chi connectivity index (χ4n) is 2.10. The Hall–Kier alpha value is -2.89. The fourth-order valence-corrected chi connectivity index (χ4v) is 2.10. The van der Waals surface area contributed by atoms with E-state index in [1.807, 2.05) is 0 Å². The van der Waals surface area contributed by atoms with Crippen LogP contribution in [0.15, 0.2) is 48.5 Å². The van der Waals surface area contributed by atoms with Crippen molar-refractivity contribution in [1.82, 2.24) is 0 Å². The lowest BCUT2D eigenvalue weighted by Gasteiger charge is -2.22. The Morgan fingerprint density at radius 3 is 2.48 bits per heavy atom. The molecule has 2 aromatic carbocycles. The number of nitrogens with zero attached hydrogens (tertiary/aromatic N) is 1. The number of rotatable bonds is 6. The highest BCUT2D eigenvalue weighted by molar-refractivity contribution is 6.06. The number of methoxy groups -OCH3 is 1. The summed E-state index contributed by atoms with van der Waals surface area (Å²) in [5.41, 5.74) is 6.06.